The Morgan fingerprint density at radius 1 is 1.17 bits per heavy atom. The molecule has 9 heteroatoms. The second-order valence-electron chi connectivity index (χ2n) is 7.70. The SMILES string of the molecule is Nc1cc(-c2ccccc2C(F)(F)F)ncc1NC(=O)C1=NOC2(CCCCC2)C1. The topological polar surface area (TPSA) is 89.6 Å². The molecule has 3 N–H and O–H groups in total. The Balaban J connectivity index is 1.50. The number of hydrogen-bond donors (Lipinski definition) is 2. The maximum Gasteiger partial charge on any atom is 0.417 e. The van der Waals surface area contributed by atoms with E-state index in [0.717, 1.165) is 38.2 Å². The summed E-state index contributed by atoms with van der Waals surface area (Å²) in [6.45, 7) is 0. The maximum absolute atomic E-state index is 13.3. The summed E-state index contributed by atoms with van der Waals surface area (Å²) in [5, 5.41) is 6.60. The van der Waals surface area contributed by atoms with Crippen LogP contribution in [0.2, 0.25) is 0 Å². The predicted octanol–water partition coefficient (Wildman–Crippen LogP) is 4.77. The van der Waals surface area contributed by atoms with Crippen LogP contribution >= 0.6 is 0 Å². The van der Waals surface area contributed by atoms with Crippen molar-refractivity contribution in [1.82, 2.24) is 4.98 Å². The van der Waals surface area contributed by atoms with Gasteiger partial charge in [0.15, 0.2) is 0 Å². The summed E-state index contributed by atoms with van der Waals surface area (Å²) in [5.74, 6) is -0.450. The monoisotopic (exact) mass is 418 g/mol. The van der Waals surface area contributed by atoms with Gasteiger partial charge in [0.2, 0.25) is 0 Å². The van der Waals surface area contributed by atoms with Gasteiger partial charge in [0.25, 0.3) is 5.91 Å². The largest absolute Gasteiger partial charge is 0.417 e. The van der Waals surface area contributed by atoms with E-state index in [-0.39, 0.29) is 33.9 Å². The lowest BCUT2D eigenvalue weighted by Gasteiger charge is -2.30. The van der Waals surface area contributed by atoms with Gasteiger partial charge in [-0.1, -0.05) is 29.8 Å². The number of alkyl halides is 3. The molecule has 158 valence electrons. The molecule has 1 spiro atoms. The standard InChI is InChI=1S/C21H21F3N4O2/c22-21(23,24)14-7-3-2-6-13(14)16-10-15(25)18(12-26-16)27-19(29)17-11-20(30-28-17)8-4-1-5-9-20/h2-3,6-7,10,12H,1,4-5,8-9,11H2,(H2,25,26)(H,27,29). The van der Waals surface area contributed by atoms with Crippen LogP contribution in [0.5, 0.6) is 0 Å². The Bertz CT molecular complexity index is 998. The van der Waals surface area contributed by atoms with Gasteiger partial charge < -0.3 is 15.9 Å². The first kappa shape index (κ1) is 20.2. The summed E-state index contributed by atoms with van der Waals surface area (Å²) in [5.41, 5.74) is 5.39. The molecule has 2 aliphatic rings. The van der Waals surface area contributed by atoms with Crippen LogP contribution in [0.3, 0.4) is 0 Å². The predicted molar refractivity (Wildman–Crippen MR) is 107 cm³/mol. The average Bonchev–Trinajstić information content (AvgIpc) is 3.13. The third-order valence-corrected chi connectivity index (χ3v) is 5.56. The first-order valence-electron chi connectivity index (χ1n) is 9.76. The van der Waals surface area contributed by atoms with Crippen LogP contribution in [0.25, 0.3) is 11.3 Å². The van der Waals surface area contributed by atoms with Crippen molar-refractivity contribution in [2.75, 3.05) is 11.1 Å². The fourth-order valence-corrected chi connectivity index (χ4v) is 3.98. The van der Waals surface area contributed by atoms with Gasteiger partial charge in [0.05, 0.1) is 28.8 Å². The van der Waals surface area contributed by atoms with Crippen molar-refractivity contribution in [3.05, 3.63) is 42.1 Å². The summed E-state index contributed by atoms with van der Waals surface area (Å²) in [6, 6.07) is 6.44. The summed E-state index contributed by atoms with van der Waals surface area (Å²) in [4.78, 5) is 22.2. The van der Waals surface area contributed by atoms with Crippen LogP contribution in [-0.2, 0) is 15.8 Å². The van der Waals surface area contributed by atoms with Crippen molar-refractivity contribution < 1.29 is 22.8 Å². The number of benzene rings is 1. The van der Waals surface area contributed by atoms with E-state index in [0.29, 0.717) is 6.42 Å². The second kappa shape index (κ2) is 7.62. The number of carbonyl (C=O) groups is 1. The maximum atomic E-state index is 13.3. The molecule has 1 amide bonds. The smallest absolute Gasteiger partial charge is 0.397 e. The lowest BCUT2D eigenvalue weighted by Crippen LogP contribution is -2.33. The lowest BCUT2D eigenvalue weighted by atomic mass is 9.81. The van der Waals surface area contributed by atoms with E-state index in [1.54, 1.807) is 0 Å². The number of amides is 1. The van der Waals surface area contributed by atoms with Crippen molar-refractivity contribution in [3.63, 3.8) is 0 Å². The number of oxime groups is 1. The highest BCUT2D eigenvalue weighted by Gasteiger charge is 2.42. The van der Waals surface area contributed by atoms with Crippen molar-refractivity contribution in [2.24, 2.45) is 5.16 Å². The van der Waals surface area contributed by atoms with Crippen molar-refractivity contribution in [3.8, 4) is 11.3 Å². The Kier molecular flexibility index (Phi) is 5.13. The van der Waals surface area contributed by atoms with Crippen LogP contribution in [0.4, 0.5) is 24.5 Å². The van der Waals surface area contributed by atoms with Crippen molar-refractivity contribution in [1.29, 1.82) is 0 Å². The van der Waals surface area contributed by atoms with Crippen LogP contribution in [0.15, 0.2) is 41.7 Å². The molecule has 1 aliphatic heterocycles. The Morgan fingerprint density at radius 3 is 2.60 bits per heavy atom. The van der Waals surface area contributed by atoms with Gasteiger partial charge >= 0.3 is 6.18 Å². The van der Waals surface area contributed by atoms with E-state index in [4.69, 9.17) is 10.6 Å². The molecule has 2 heterocycles. The molecule has 0 saturated heterocycles. The number of hydrogen-bond acceptors (Lipinski definition) is 5. The van der Waals surface area contributed by atoms with E-state index in [9.17, 15) is 18.0 Å². The van der Waals surface area contributed by atoms with Crippen LogP contribution < -0.4 is 11.1 Å². The molecule has 4 rings (SSSR count). The third kappa shape index (κ3) is 3.96. The number of halogens is 3. The van der Waals surface area contributed by atoms with Crippen LogP contribution in [0.1, 0.15) is 44.1 Å². The summed E-state index contributed by atoms with van der Waals surface area (Å²) in [6.07, 6.45) is 2.14. The molecular formula is C21H21F3N4O2. The van der Waals surface area contributed by atoms with Gasteiger partial charge in [-0.05, 0) is 37.8 Å². The normalized spacial score (nSPS) is 18.0. The minimum Gasteiger partial charge on any atom is -0.397 e. The molecule has 0 radical (unpaired) electrons. The molecule has 1 aromatic heterocycles. The van der Waals surface area contributed by atoms with Gasteiger partial charge in [0, 0.05) is 12.0 Å². The Labute approximate surface area is 171 Å². The zero-order valence-corrected chi connectivity index (χ0v) is 16.1. The van der Waals surface area contributed by atoms with Gasteiger partial charge in [-0.15, -0.1) is 0 Å². The summed E-state index contributed by atoms with van der Waals surface area (Å²) in [7, 11) is 0. The number of rotatable bonds is 3. The molecular weight excluding hydrogens is 397 g/mol. The molecule has 30 heavy (non-hydrogen) atoms. The van der Waals surface area contributed by atoms with Gasteiger partial charge in [-0.2, -0.15) is 13.2 Å². The van der Waals surface area contributed by atoms with E-state index in [2.05, 4.69) is 15.5 Å². The first-order valence-corrected chi connectivity index (χ1v) is 9.76. The minimum atomic E-state index is -4.52. The van der Waals surface area contributed by atoms with Crippen LogP contribution in [-0.4, -0.2) is 22.2 Å². The zero-order valence-electron chi connectivity index (χ0n) is 16.1. The molecule has 1 aromatic carbocycles. The Morgan fingerprint density at radius 2 is 1.90 bits per heavy atom. The zero-order chi connectivity index (χ0) is 21.4. The number of aromatic nitrogens is 1. The van der Waals surface area contributed by atoms with Gasteiger partial charge in [0.1, 0.15) is 11.3 Å². The number of carbonyl (C=O) groups excluding carboxylic acids is 1. The highest BCUT2D eigenvalue weighted by atomic mass is 19.4. The van der Waals surface area contributed by atoms with Crippen molar-refractivity contribution >= 4 is 23.0 Å². The lowest BCUT2D eigenvalue weighted by molar-refractivity contribution is -0.137. The van der Waals surface area contributed by atoms with Gasteiger partial charge in [-0.25, -0.2) is 0 Å². The number of nitrogens with two attached hydrogens (primary N) is 1. The van der Waals surface area contributed by atoms with E-state index >= 15 is 0 Å². The number of nitrogens with zero attached hydrogens (tertiary/aromatic N) is 2. The summed E-state index contributed by atoms with van der Waals surface area (Å²) < 4.78 is 39.8. The minimum absolute atomic E-state index is 0.0705. The fraction of sp³-hybridized carbons (Fsp3) is 0.381. The van der Waals surface area contributed by atoms with E-state index < -0.39 is 17.6 Å². The molecule has 1 aliphatic carbocycles. The Hall–Kier alpha value is -3.10. The molecule has 0 unspecified atom stereocenters. The molecule has 0 atom stereocenters. The highest BCUT2D eigenvalue weighted by Crippen LogP contribution is 2.39. The number of pyridine rings is 1. The summed E-state index contributed by atoms with van der Waals surface area (Å²) >= 11 is 0. The molecule has 6 nitrogen and oxygen atoms in total. The first-order chi connectivity index (χ1) is 14.3. The molecule has 0 bridgehead atoms. The second-order valence-corrected chi connectivity index (χ2v) is 7.70. The van der Waals surface area contributed by atoms with Gasteiger partial charge in [-0.3, -0.25) is 9.78 Å². The van der Waals surface area contributed by atoms with E-state index in [1.807, 2.05) is 0 Å². The average molecular weight is 418 g/mol. The molecule has 1 saturated carbocycles. The fourth-order valence-electron chi connectivity index (χ4n) is 3.98. The third-order valence-electron chi connectivity index (χ3n) is 5.56. The molecule has 1 fully saturated rings. The quantitative estimate of drug-likeness (QED) is 0.752. The highest BCUT2D eigenvalue weighted by molar-refractivity contribution is 6.43. The van der Waals surface area contributed by atoms with Crippen LogP contribution in [0, 0.1) is 0 Å². The van der Waals surface area contributed by atoms with Crippen molar-refractivity contribution in [2.45, 2.75) is 50.3 Å². The number of anilines is 2. The molecule has 2 aromatic rings. The number of nitrogens with one attached hydrogen (secondary N) is 1. The number of nitrogen functional groups attached to an aromatic ring is 1. The van der Waals surface area contributed by atoms with E-state index in [1.165, 1.54) is 30.5 Å².